The maximum absolute atomic E-state index is 13.5. The van der Waals surface area contributed by atoms with Gasteiger partial charge in [0.25, 0.3) is 0 Å². The van der Waals surface area contributed by atoms with Gasteiger partial charge in [-0.15, -0.1) is 0 Å². The summed E-state index contributed by atoms with van der Waals surface area (Å²) in [5.41, 5.74) is 8.22. The second kappa shape index (κ2) is 13.8. The predicted octanol–water partition coefficient (Wildman–Crippen LogP) is 0.518. The minimum Gasteiger partial charge on any atom is -0.480 e. The molecule has 0 radical (unpaired) electrons. The molecule has 13 heteroatoms. The number of amides is 3. The zero-order chi connectivity index (χ0) is 28.5. The van der Waals surface area contributed by atoms with Crippen LogP contribution < -0.4 is 21.7 Å². The van der Waals surface area contributed by atoms with E-state index in [4.69, 9.17) is 5.73 Å². The third kappa shape index (κ3) is 8.32. The lowest BCUT2D eigenvalue weighted by molar-refractivity contribution is -0.141. The summed E-state index contributed by atoms with van der Waals surface area (Å²) >= 11 is 4.01. The molecule has 0 aliphatic heterocycles. The number of H-pyrrole nitrogens is 2. The molecule has 39 heavy (non-hydrogen) atoms. The molecule has 12 nitrogen and oxygen atoms in total. The molecule has 3 amide bonds. The molecule has 0 fully saturated rings. The number of carbonyl (C=O) groups excluding carboxylic acids is 3. The van der Waals surface area contributed by atoms with E-state index in [0.29, 0.717) is 12.1 Å². The molecule has 2 aromatic heterocycles. The number of hydrogen-bond donors (Lipinski definition) is 8. The number of hydrogen-bond acceptors (Lipinski definition) is 7. The molecule has 210 valence electrons. The van der Waals surface area contributed by atoms with E-state index in [1.807, 2.05) is 38.1 Å². The second-order valence-corrected chi connectivity index (χ2v) is 10.2. The van der Waals surface area contributed by atoms with Crippen molar-refractivity contribution in [2.75, 3.05) is 5.75 Å². The number of rotatable bonds is 14. The van der Waals surface area contributed by atoms with Gasteiger partial charge in [0.2, 0.25) is 17.7 Å². The van der Waals surface area contributed by atoms with Gasteiger partial charge < -0.3 is 36.8 Å². The van der Waals surface area contributed by atoms with Crippen LogP contribution in [0, 0.1) is 5.92 Å². The summed E-state index contributed by atoms with van der Waals surface area (Å²) in [7, 11) is 0. The van der Waals surface area contributed by atoms with Crippen LogP contribution in [0.25, 0.3) is 10.9 Å². The molecule has 0 aliphatic carbocycles. The molecule has 0 spiro atoms. The van der Waals surface area contributed by atoms with Gasteiger partial charge >= 0.3 is 5.97 Å². The maximum atomic E-state index is 13.5. The molecule has 0 saturated carbocycles. The van der Waals surface area contributed by atoms with Crippen molar-refractivity contribution in [3.05, 3.63) is 54.2 Å². The minimum atomic E-state index is -1.25. The highest BCUT2D eigenvalue weighted by atomic mass is 32.1. The molecule has 2 heterocycles. The Morgan fingerprint density at radius 1 is 0.974 bits per heavy atom. The summed E-state index contributed by atoms with van der Waals surface area (Å²) in [5.74, 6) is -3.04. The summed E-state index contributed by atoms with van der Waals surface area (Å²) < 4.78 is 0. The number of carboxylic acids is 1. The van der Waals surface area contributed by atoms with Gasteiger partial charge in [0.05, 0.1) is 12.4 Å². The van der Waals surface area contributed by atoms with E-state index in [9.17, 15) is 24.3 Å². The third-order valence-electron chi connectivity index (χ3n) is 6.20. The summed E-state index contributed by atoms with van der Waals surface area (Å²) in [6, 6.07) is 3.18. The van der Waals surface area contributed by atoms with Gasteiger partial charge in [-0.1, -0.05) is 32.0 Å². The second-order valence-electron chi connectivity index (χ2n) is 9.78. The van der Waals surface area contributed by atoms with E-state index in [2.05, 4.69) is 43.5 Å². The van der Waals surface area contributed by atoms with Crippen molar-refractivity contribution in [2.45, 2.75) is 57.3 Å². The van der Waals surface area contributed by atoms with E-state index < -0.39 is 47.9 Å². The maximum Gasteiger partial charge on any atom is 0.327 e. The Hall–Kier alpha value is -3.84. The number of nitrogens with one attached hydrogen (secondary N) is 5. The number of thiol groups is 1. The predicted molar refractivity (Wildman–Crippen MR) is 149 cm³/mol. The van der Waals surface area contributed by atoms with E-state index in [-0.39, 0.29) is 24.5 Å². The van der Waals surface area contributed by atoms with Crippen molar-refractivity contribution >= 4 is 47.2 Å². The average molecular weight is 558 g/mol. The minimum absolute atomic E-state index is 0.0675. The summed E-state index contributed by atoms with van der Waals surface area (Å²) in [4.78, 5) is 61.1. The van der Waals surface area contributed by atoms with Gasteiger partial charge in [0, 0.05) is 47.6 Å². The van der Waals surface area contributed by atoms with Gasteiger partial charge in [-0.05, 0) is 24.0 Å². The number of carbonyl (C=O) groups is 4. The Morgan fingerprint density at radius 2 is 1.62 bits per heavy atom. The van der Waals surface area contributed by atoms with Gasteiger partial charge in [-0.2, -0.15) is 12.6 Å². The van der Waals surface area contributed by atoms with Gasteiger partial charge in [0.1, 0.15) is 18.1 Å². The van der Waals surface area contributed by atoms with E-state index in [1.165, 1.54) is 12.5 Å². The average Bonchev–Trinajstić information content (AvgIpc) is 3.55. The van der Waals surface area contributed by atoms with Crippen LogP contribution in [0.3, 0.4) is 0 Å². The lowest BCUT2D eigenvalue weighted by Gasteiger charge is -2.25. The largest absolute Gasteiger partial charge is 0.480 e. The topological polar surface area (TPSA) is 195 Å². The van der Waals surface area contributed by atoms with Crippen LogP contribution in [0.2, 0.25) is 0 Å². The number of benzene rings is 1. The van der Waals surface area contributed by atoms with Crippen molar-refractivity contribution in [1.29, 1.82) is 0 Å². The smallest absolute Gasteiger partial charge is 0.327 e. The number of nitrogens with zero attached hydrogens (tertiary/aromatic N) is 1. The molecule has 0 aliphatic rings. The molecule has 0 bridgehead atoms. The van der Waals surface area contributed by atoms with E-state index >= 15 is 0 Å². The Balaban J connectivity index is 1.86. The van der Waals surface area contributed by atoms with Crippen LogP contribution in [0.4, 0.5) is 0 Å². The first-order valence-corrected chi connectivity index (χ1v) is 13.2. The molecule has 1 aromatic carbocycles. The van der Waals surface area contributed by atoms with Gasteiger partial charge in [-0.3, -0.25) is 14.4 Å². The molecule has 4 atom stereocenters. The standard InChI is InChI=1S/C26H35N7O5S/c1-14(2)7-18(27)23(34)31-21(9-16-11-28-13-30-16)25(36)32-20(24(35)33-22(12-39)26(37)38)8-15-10-29-19-6-4-3-5-17(15)19/h3-6,10-11,13-14,18,20-22,29,39H,7-9,12,27H2,1-2H3,(H,28,30)(H,31,34)(H,32,36)(H,33,35)(H,37,38). The lowest BCUT2D eigenvalue weighted by Crippen LogP contribution is -2.58. The van der Waals surface area contributed by atoms with Crippen molar-refractivity contribution in [3.63, 3.8) is 0 Å². The fourth-order valence-corrected chi connectivity index (χ4v) is 4.43. The molecule has 8 N–H and O–H groups in total. The fourth-order valence-electron chi connectivity index (χ4n) is 4.18. The number of carboxylic acid groups (broad SMARTS) is 1. The van der Waals surface area contributed by atoms with Crippen molar-refractivity contribution < 1.29 is 24.3 Å². The number of fused-ring (bicyclic) bond motifs is 1. The first-order valence-electron chi connectivity index (χ1n) is 12.6. The van der Waals surface area contributed by atoms with Crippen LogP contribution in [0.15, 0.2) is 43.0 Å². The van der Waals surface area contributed by atoms with Crippen LogP contribution in [0.1, 0.15) is 31.5 Å². The van der Waals surface area contributed by atoms with Crippen LogP contribution in [0.5, 0.6) is 0 Å². The summed E-state index contributed by atoms with van der Waals surface area (Å²) in [6.07, 6.45) is 5.28. The fraction of sp³-hybridized carbons (Fsp3) is 0.423. The Kier molecular flexibility index (Phi) is 10.5. The first-order chi connectivity index (χ1) is 18.6. The third-order valence-corrected chi connectivity index (χ3v) is 6.57. The Morgan fingerprint density at radius 3 is 2.23 bits per heavy atom. The molecule has 3 aromatic rings. The highest BCUT2D eigenvalue weighted by Gasteiger charge is 2.31. The monoisotopic (exact) mass is 557 g/mol. The molecule has 3 rings (SSSR count). The van der Waals surface area contributed by atoms with Crippen molar-refractivity contribution in [2.24, 2.45) is 11.7 Å². The zero-order valence-electron chi connectivity index (χ0n) is 21.8. The first kappa shape index (κ1) is 29.7. The van der Waals surface area contributed by atoms with Crippen LogP contribution in [-0.2, 0) is 32.0 Å². The van der Waals surface area contributed by atoms with Crippen molar-refractivity contribution in [1.82, 2.24) is 30.9 Å². The van der Waals surface area contributed by atoms with Crippen LogP contribution in [-0.4, -0.2) is 73.7 Å². The molecular weight excluding hydrogens is 522 g/mol. The highest BCUT2D eigenvalue weighted by Crippen LogP contribution is 2.19. The number of aromatic nitrogens is 3. The number of para-hydroxylation sites is 1. The molecule has 0 saturated heterocycles. The SMILES string of the molecule is CC(C)CC(N)C(=O)NC(Cc1cnc[nH]1)C(=O)NC(Cc1c[nH]c2ccccc12)C(=O)NC(CS)C(=O)O. The number of aliphatic carboxylic acids is 1. The quantitative estimate of drug-likeness (QED) is 0.132. The lowest BCUT2D eigenvalue weighted by atomic mass is 10.0. The summed E-state index contributed by atoms with van der Waals surface area (Å²) in [5, 5.41) is 18.1. The normalized spacial score (nSPS) is 14.4. The Bertz CT molecular complexity index is 1280. The van der Waals surface area contributed by atoms with Gasteiger partial charge in [0.15, 0.2) is 0 Å². The van der Waals surface area contributed by atoms with E-state index in [0.717, 1.165) is 16.5 Å². The number of imidazole rings is 1. The van der Waals surface area contributed by atoms with Crippen molar-refractivity contribution in [3.8, 4) is 0 Å². The Labute approximate surface area is 231 Å². The zero-order valence-corrected chi connectivity index (χ0v) is 22.7. The highest BCUT2D eigenvalue weighted by molar-refractivity contribution is 7.80. The number of aromatic amines is 2. The van der Waals surface area contributed by atoms with E-state index in [1.54, 1.807) is 6.20 Å². The molecule has 4 unspecified atom stereocenters. The van der Waals surface area contributed by atoms with Crippen LogP contribution >= 0.6 is 12.6 Å². The molecular formula is C26H35N7O5S. The summed E-state index contributed by atoms with van der Waals surface area (Å²) in [6.45, 7) is 3.87. The number of nitrogens with two attached hydrogens (primary N) is 1. The van der Waals surface area contributed by atoms with Gasteiger partial charge in [-0.25, -0.2) is 9.78 Å².